The van der Waals surface area contributed by atoms with E-state index in [1.54, 1.807) is 18.7 Å². The van der Waals surface area contributed by atoms with E-state index in [9.17, 15) is 4.79 Å². The summed E-state index contributed by atoms with van der Waals surface area (Å²) in [7, 11) is 0. The molecule has 2 atom stereocenters. The van der Waals surface area contributed by atoms with E-state index in [1.807, 2.05) is 0 Å². The number of rotatable bonds is 7. The number of hydrogen-bond acceptors (Lipinski definition) is 6. The van der Waals surface area contributed by atoms with Gasteiger partial charge in [0.05, 0.1) is 19.3 Å². The van der Waals surface area contributed by atoms with Crippen molar-refractivity contribution in [2.24, 2.45) is 5.73 Å². The van der Waals surface area contributed by atoms with Gasteiger partial charge in [0.15, 0.2) is 0 Å². The van der Waals surface area contributed by atoms with Gasteiger partial charge in [-0.1, -0.05) is 0 Å². The van der Waals surface area contributed by atoms with Crippen LogP contribution in [0.1, 0.15) is 19.8 Å². The van der Waals surface area contributed by atoms with Crippen molar-refractivity contribution in [1.29, 1.82) is 0 Å². The summed E-state index contributed by atoms with van der Waals surface area (Å²) in [6.45, 7) is 3.33. The molecule has 6 heteroatoms. The molecule has 17 heavy (non-hydrogen) atoms. The van der Waals surface area contributed by atoms with E-state index in [-0.39, 0.29) is 12.1 Å². The van der Waals surface area contributed by atoms with E-state index >= 15 is 0 Å². The predicted molar refractivity (Wildman–Crippen MR) is 66.9 cm³/mol. The molecule has 2 unspecified atom stereocenters. The first kappa shape index (κ1) is 14.8. The lowest BCUT2D eigenvalue weighted by Crippen LogP contribution is -2.33. The minimum atomic E-state index is -0.502. The summed E-state index contributed by atoms with van der Waals surface area (Å²) in [6.07, 6.45) is 1.86. The third-order valence-corrected chi connectivity index (χ3v) is 3.57. The van der Waals surface area contributed by atoms with Gasteiger partial charge in [0.1, 0.15) is 12.8 Å². The third-order valence-electron chi connectivity index (χ3n) is 2.44. The Bertz CT molecular complexity index is 222. The minimum Gasteiger partial charge on any atom is -0.465 e. The van der Waals surface area contributed by atoms with Crippen LogP contribution in [0.4, 0.5) is 0 Å². The number of thioether (sulfide) groups is 1. The second kappa shape index (κ2) is 8.74. The van der Waals surface area contributed by atoms with Crippen molar-refractivity contribution in [3.05, 3.63) is 0 Å². The molecule has 1 saturated heterocycles. The fraction of sp³-hybridized carbons (Fsp3) is 0.909. The van der Waals surface area contributed by atoms with Crippen LogP contribution in [-0.2, 0) is 19.0 Å². The molecule has 0 saturated carbocycles. The molecule has 0 aliphatic carbocycles. The lowest BCUT2D eigenvalue weighted by atomic mass is 10.2. The zero-order chi connectivity index (χ0) is 12.5. The highest BCUT2D eigenvalue weighted by Crippen LogP contribution is 2.14. The monoisotopic (exact) mass is 263 g/mol. The van der Waals surface area contributed by atoms with Crippen LogP contribution in [0.25, 0.3) is 0 Å². The summed E-state index contributed by atoms with van der Waals surface area (Å²) in [4.78, 5) is 11.2. The van der Waals surface area contributed by atoms with Gasteiger partial charge in [0.25, 0.3) is 0 Å². The molecule has 1 aliphatic rings. The van der Waals surface area contributed by atoms with Crippen molar-refractivity contribution < 1.29 is 19.0 Å². The van der Waals surface area contributed by atoms with Crippen LogP contribution >= 0.6 is 11.8 Å². The van der Waals surface area contributed by atoms with E-state index in [0.29, 0.717) is 19.8 Å². The van der Waals surface area contributed by atoms with E-state index in [2.05, 4.69) is 0 Å². The zero-order valence-corrected chi connectivity index (χ0v) is 11.0. The van der Waals surface area contributed by atoms with E-state index in [4.69, 9.17) is 19.9 Å². The lowest BCUT2D eigenvalue weighted by Gasteiger charge is -2.22. The molecule has 2 N–H and O–H groups in total. The molecule has 1 fully saturated rings. The fourth-order valence-electron chi connectivity index (χ4n) is 1.43. The van der Waals surface area contributed by atoms with Gasteiger partial charge in [-0.15, -0.1) is 0 Å². The van der Waals surface area contributed by atoms with Crippen molar-refractivity contribution in [2.45, 2.75) is 31.9 Å². The average molecular weight is 263 g/mol. The maximum atomic E-state index is 11.2. The largest absolute Gasteiger partial charge is 0.465 e. The van der Waals surface area contributed by atoms with Gasteiger partial charge >= 0.3 is 5.97 Å². The Kier molecular flexibility index (Phi) is 7.59. The van der Waals surface area contributed by atoms with Crippen LogP contribution in [0.3, 0.4) is 0 Å². The smallest absolute Gasteiger partial charge is 0.322 e. The molecule has 1 heterocycles. The van der Waals surface area contributed by atoms with E-state index in [0.717, 1.165) is 24.5 Å². The second-order valence-corrected chi connectivity index (χ2v) is 4.98. The van der Waals surface area contributed by atoms with E-state index in [1.165, 1.54) is 0 Å². The van der Waals surface area contributed by atoms with Crippen molar-refractivity contribution in [3.63, 3.8) is 0 Å². The number of nitrogens with two attached hydrogens (primary N) is 1. The summed E-state index contributed by atoms with van der Waals surface area (Å²) >= 11 is 1.76. The van der Waals surface area contributed by atoms with Gasteiger partial charge in [-0.25, -0.2) is 0 Å². The summed E-state index contributed by atoms with van der Waals surface area (Å²) in [5.41, 5.74) is 5.68. The van der Waals surface area contributed by atoms with Gasteiger partial charge in [0.2, 0.25) is 0 Å². The van der Waals surface area contributed by atoms with Crippen LogP contribution in [0.5, 0.6) is 0 Å². The second-order valence-electron chi connectivity index (χ2n) is 3.83. The summed E-state index contributed by atoms with van der Waals surface area (Å²) in [5.74, 6) is 1.47. The van der Waals surface area contributed by atoms with Crippen LogP contribution in [0.2, 0.25) is 0 Å². The number of carbonyl (C=O) groups is 1. The maximum Gasteiger partial charge on any atom is 0.322 e. The number of hydrogen-bond donors (Lipinski definition) is 1. The lowest BCUT2D eigenvalue weighted by molar-refractivity contribution is -0.144. The van der Waals surface area contributed by atoms with E-state index < -0.39 is 6.04 Å². The predicted octanol–water partition coefficient (Wildman–Crippen LogP) is 0.763. The first-order valence-electron chi connectivity index (χ1n) is 5.93. The molecular formula is C11H21NO4S. The fourth-order valence-corrected chi connectivity index (χ4v) is 2.54. The molecule has 100 valence electrons. The molecule has 0 bridgehead atoms. The van der Waals surface area contributed by atoms with Crippen molar-refractivity contribution in [2.75, 3.05) is 31.5 Å². The molecule has 0 aromatic carbocycles. The Morgan fingerprint density at radius 1 is 1.65 bits per heavy atom. The number of esters is 1. The topological polar surface area (TPSA) is 70.8 Å². The summed E-state index contributed by atoms with van der Waals surface area (Å²) < 4.78 is 15.3. The number of ether oxygens (including phenoxy) is 3. The first-order chi connectivity index (χ1) is 8.24. The summed E-state index contributed by atoms with van der Waals surface area (Å²) in [5, 5.41) is 0. The highest BCUT2D eigenvalue weighted by Gasteiger charge is 2.16. The SMILES string of the molecule is CCOC(=O)C(N)CCSCC1CCOCO1. The van der Waals surface area contributed by atoms with Crippen LogP contribution in [0, 0.1) is 0 Å². The molecular weight excluding hydrogens is 242 g/mol. The molecule has 5 nitrogen and oxygen atoms in total. The maximum absolute atomic E-state index is 11.2. The molecule has 1 rings (SSSR count). The highest BCUT2D eigenvalue weighted by molar-refractivity contribution is 7.99. The average Bonchev–Trinajstić information content (AvgIpc) is 2.36. The van der Waals surface area contributed by atoms with Gasteiger partial charge in [-0.05, 0) is 25.5 Å². The van der Waals surface area contributed by atoms with Crippen LogP contribution < -0.4 is 5.73 Å². The molecule has 1 aliphatic heterocycles. The van der Waals surface area contributed by atoms with Crippen LogP contribution in [0.15, 0.2) is 0 Å². The third kappa shape index (κ3) is 6.26. The van der Waals surface area contributed by atoms with Crippen molar-refractivity contribution in [1.82, 2.24) is 0 Å². The molecule has 0 radical (unpaired) electrons. The minimum absolute atomic E-state index is 0.271. The van der Waals surface area contributed by atoms with Gasteiger partial charge in [-0.2, -0.15) is 11.8 Å². The quantitative estimate of drug-likeness (QED) is 0.540. The van der Waals surface area contributed by atoms with Crippen molar-refractivity contribution in [3.8, 4) is 0 Å². The van der Waals surface area contributed by atoms with Crippen LogP contribution in [-0.4, -0.2) is 49.6 Å². The van der Waals surface area contributed by atoms with Gasteiger partial charge in [0, 0.05) is 5.75 Å². The normalized spacial score (nSPS) is 22.1. The summed E-state index contributed by atoms with van der Waals surface area (Å²) in [6, 6.07) is -0.502. The zero-order valence-electron chi connectivity index (χ0n) is 10.2. The van der Waals surface area contributed by atoms with Gasteiger partial charge in [-0.3, -0.25) is 4.79 Å². The molecule has 0 amide bonds. The number of carbonyl (C=O) groups excluding carboxylic acids is 1. The first-order valence-corrected chi connectivity index (χ1v) is 7.08. The molecule has 0 aromatic heterocycles. The molecule has 0 spiro atoms. The standard InChI is InChI=1S/C11H21NO4S/c1-2-15-11(13)10(12)4-6-17-7-9-3-5-14-8-16-9/h9-10H,2-8,12H2,1H3. The highest BCUT2D eigenvalue weighted by atomic mass is 32.2. The Hall–Kier alpha value is -0.300. The Morgan fingerprint density at radius 3 is 3.12 bits per heavy atom. The van der Waals surface area contributed by atoms with Crippen molar-refractivity contribution >= 4 is 17.7 Å². The molecule has 0 aromatic rings. The Balaban J connectivity index is 2.00. The Morgan fingerprint density at radius 2 is 2.47 bits per heavy atom. The Labute approximate surface area is 106 Å². The van der Waals surface area contributed by atoms with Gasteiger partial charge < -0.3 is 19.9 Å².